The van der Waals surface area contributed by atoms with Crippen LogP contribution in [0.1, 0.15) is 34.1 Å². The van der Waals surface area contributed by atoms with Gasteiger partial charge in [0, 0.05) is 5.92 Å². The lowest BCUT2D eigenvalue weighted by atomic mass is 9.99. The quantitative estimate of drug-likeness (QED) is 0.597. The minimum absolute atomic E-state index is 0.401. The summed E-state index contributed by atoms with van der Waals surface area (Å²) in [5.41, 5.74) is 0. The van der Waals surface area contributed by atoms with E-state index in [1.807, 2.05) is 6.92 Å². The molecular formula is C9H21NO. The number of hydroxylamine groups is 2. The molecule has 0 radical (unpaired) electrons. The van der Waals surface area contributed by atoms with Crippen LogP contribution in [0.5, 0.6) is 0 Å². The molecule has 0 amide bonds. The van der Waals surface area contributed by atoms with Crippen LogP contribution in [-0.4, -0.2) is 13.1 Å². The van der Waals surface area contributed by atoms with Gasteiger partial charge in [-0.15, -0.1) is 0 Å². The zero-order valence-electron chi connectivity index (χ0n) is 8.18. The average Bonchev–Trinajstić information content (AvgIpc) is 1.85. The smallest absolute Gasteiger partial charge is 0.0794 e. The normalized spacial score (nSPS) is 16.9. The molecule has 0 aromatic carbocycles. The summed E-state index contributed by atoms with van der Waals surface area (Å²) in [5.74, 6) is 1.29. The number of nitrogens with one attached hydrogen (secondary N) is 1. The average molecular weight is 159 g/mol. The van der Waals surface area contributed by atoms with Crippen molar-refractivity contribution in [3.63, 3.8) is 0 Å². The van der Waals surface area contributed by atoms with Crippen LogP contribution in [0.2, 0.25) is 0 Å². The van der Waals surface area contributed by atoms with E-state index in [9.17, 15) is 5.21 Å². The van der Waals surface area contributed by atoms with E-state index in [1.165, 1.54) is 6.42 Å². The molecule has 2 nitrogen and oxygen atoms in total. The van der Waals surface area contributed by atoms with Gasteiger partial charge in [0.15, 0.2) is 0 Å². The first-order chi connectivity index (χ1) is 5.06. The highest BCUT2D eigenvalue weighted by molar-refractivity contribution is 4.53. The lowest BCUT2D eigenvalue weighted by Gasteiger charge is -2.24. The zero-order valence-corrected chi connectivity index (χ0v) is 8.18. The molecule has 68 valence electrons. The monoisotopic (exact) mass is 159 g/mol. The van der Waals surface area contributed by atoms with Crippen LogP contribution in [0.3, 0.4) is 0 Å². The van der Waals surface area contributed by atoms with Gasteiger partial charge in [0.2, 0.25) is 0 Å². The van der Waals surface area contributed by atoms with Crippen LogP contribution in [0, 0.1) is 17.0 Å². The maximum Gasteiger partial charge on any atom is 0.0794 e. The van der Waals surface area contributed by atoms with Crippen molar-refractivity contribution >= 4 is 0 Å². The molecule has 0 rings (SSSR count). The highest BCUT2D eigenvalue weighted by Gasteiger charge is 2.07. The third-order valence-corrected chi connectivity index (χ3v) is 1.84. The summed E-state index contributed by atoms with van der Waals surface area (Å²) in [4.78, 5) is 0. The van der Waals surface area contributed by atoms with E-state index in [1.54, 1.807) is 0 Å². The van der Waals surface area contributed by atoms with Gasteiger partial charge in [-0.3, -0.25) is 0 Å². The maximum absolute atomic E-state index is 11.0. The molecule has 2 unspecified atom stereocenters. The minimum atomic E-state index is 0.401. The second-order valence-electron chi connectivity index (χ2n) is 3.83. The molecule has 2 heteroatoms. The Bertz CT molecular complexity index is 93.6. The van der Waals surface area contributed by atoms with Crippen LogP contribution in [-0.2, 0) is 0 Å². The topological polar surface area (TPSA) is 27.5 Å². The Morgan fingerprint density at radius 2 is 1.82 bits per heavy atom. The van der Waals surface area contributed by atoms with Crippen LogP contribution in [0.25, 0.3) is 0 Å². The van der Waals surface area contributed by atoms with Gasteiger partial charge in [-0.1, -0.05) is 20.8 Å². The Morgan fingerprint density at radius 1 is 1.27 bits per heavy atom. The fraction of sp³-hybridized carbons (Fsp3) is 1.00. The van der Waals surface area contributed by atoms with Gasteiger partial charge in [-0.25, -0.2) is 0 Å². The number of hydrogen-bond acceptors (Lipinski definition) is 1. The van der Waals surface area contributed by atoms with E-state index in [0.717, 1.165) is 12.5 Å². The van der Waals surface area contributed by atoms with Gasteiger partial charge in [-0.05, 0) is 19.3 Å². The van der Waals surface area contributed by atoms with E-state index >= 15 is 0 Å². The largest absolute Gasteiger partial charge is 0.634 e. The molecule has 0 aliphatic rings. The first-order valence-corrected chi connectivity index (χ1v) is 4.58. The second kappa shape index (κ2) is 5.56. The Morgan fingerprint density at radius 3 is 2.18 bits per heavy atom. The van der Waals surface area contributed by atoms with Gasteiger partial charge >= 0.3 is 0 Å². The van der Waals surface area contributed by atoms with Gasteiger partial charge < -0.3 is 10.3 Å². The summed E-state index contributed by atoms with van der Waals surface area (Å²) in [7, 11) is 0. The van der Waals surface area contributed by atoms with Gasteiger partial charge in [0.1, 0.15) is 0 Å². The molecule has 0 aromatic heterocycles. The van der Waals surface area contributed by atoms with E-state index in [0.29, 0.717) is 17.5 Å². The molecule has 0 aromatic rings. The molecular weight excluding hydrogens is 138 g/mol. The molecule has 0 fully saturated rings. The van der Waals surface area contributed by atoms with E-state index in [2.05, 4.69) is 20.8 Å². The molecule has 2 atom stereocenters. The van der Waals surface area contributed by atoms with Gasteiger partial charge in [0.25, 0.3) is 0 Å². The highest BCUT2D eigenvalue weighted by Crippen LogP contribution is 2.08. The Balaban J connectivity index is 3.43. The van der Waals surface area contributed by atoms with Crippen molar-refractivity contribution in [1.82, 2.24) is 0 Å². The lowest BCUT2D eigenvalue weighted by Crippen LogP contribution is -3.07. The fourth-order valence-corrected chi connectivity index (χ4v) is 1.42. The van der Waals surface area contributed by atoms with Crippen LogP contribution < -0.4 is 5.06 Å². The zero-order chi connectivity index (χ0) is 8.85. The summed E-state index contributed by atoms with van der Waals surface area (Å²) in [6.07, 6.45) is 1.17. The predicted molar refractivity (Wildman–Crippen MR) is 48.4 cm³/mol. The van der Waals surface area contributed by atoms with Crippen molar-refractivity contribution in [2.45, 2.75) is 34.1 Å². The Hall–Kier alpha value is -0.0800. The van der Waals surface area contributed by atoms with Crippen LogP contribution in [0.15, 0.2) is 0 Å². The molecule has 0 saturated carbocycles. The third kappa shape index (κ3) is 6.32. The maximum atomic E-state index is 11.0. The number of rotatable bonds is 5. The van der Waals surface area contributed by atoms with Crippen molar-refractivity contribution in [2.24, 2.45) is 11.8 Å². The van der Waals surface area contributed by atoms with Crippen LogP contribution in [0.4, 0.5) is 0 Å². The molecule has 0 aliphatic carbocycles. The molecule has 0 aliphatic heterocycles. The van der Waals surface area contributed by atoms with E-state index in [4.69, 9.17) is 0 Å². The molecule has 11 heavy (non-hydrogen) atoms. The lowest BCUT2D eigenvalue weighted by molar-refractivity contribution is -0.849. The summed E-state index contributed by atoms with van der Waals surface area (Å²) in [6, 6.07) is 0. The summed E-state index contributed by atoms with van der Waals surface area (Å²) in [5, 5.41) is 11.4. The van der Waals surface area contributed by atoms with E-state index in [-0.39, 0.29) is 0 Å². The molecule has 0 spiro atoms. The molecule has 0 bridgehead atoms. The van der Waals surface area contributed by atoms with Crippen molar-refractivity contribution < 1.29 is 5.06 Å². The Kier molecular flexibility index (Phi) is 5.51. The fourth-order valence-electron chi connectivity index (χ4n) is 1.42. The van der Waals surface area contributed by atoms with Crippen molar-refractivity contribution in [2.75, 3.05) is 13.1 Å². The van der Waals surface area contributed by atoms with E-state index < -0.39 is 0 Å². The predicted octanol–water partition coefficient (Wildman–Crippen LogP) is 1.07. The SMILES string of the molecule is CC[NH+]([O-])CC(C)CC(C)C. The highest BCUT2D eigenvalue weighted by atomic mass is 16.5. The second-order valence-corrected chi connectivity index (χ2v) is 3.83. The van der Waals surface area contributed by atoms with Crippen molar-refractivity contribution in [1.29, 1.82) is 0 Å². The molecule has 1 N–H and O–H groups in total. The van der Waals surface area contributed by atoms with Crippen molar-refractivity contribution in [3.8, 4) is 0 Å². The Labute approximate surface area is 70.2 Å². The minimum Gasteiger partial charge on any atom is -0.634 e. The van der Waals surface area contributed by atoms with Gasteiger partial charge in [-0.2, -0.15) is 0 Å². The summed E-state index contributed by atoms with van der Waals surface area (Å²) < 4.78 is 0. The molecule has 0 heterocycles. The van der Waals surface area contributed by atoms with Gasteiger partial charge in [0.05, 0.1) is 13.1 Å². The third-order valence-electron chi connectivity index (χ3n) is 1.84. The first-order valence-electron chi connectivity index (χ1n) is 4.58. The van der Waals surface area contributed by atoms with Crippen molar-refractivity contribution in [3.05, 3.63) is 5.21 Å². The summed E-state index contributed by atoms with van der Waals surface area (Å²) >= 11 is 0. The number of hydrogen-bond donors (Lipinski definition) is 1. The summed E-state index contributed by atoms with van der Waals surface area (Å²) in [6.45, 7) is 9.97. The molecule has 0 saturated heterocycles. The first kappa shape index (κ1) is 10.9. The number of quaternary nitrogens is 1. The standard InChI is InChI=1S/C9H21NO/c1-5-10(11)7-9(4)6-8(2)3/h8-10H,5-7H2,1-4H3. The van der Waals surface area contributed by atoms with Crippen LogP contribution >= 0.6 is 0 Å².